The summed E-state index contributed by atoms with van der Waals surface area (Å²) in [6.45, 7) is 4.41. The third kappa shape index (κ3) is 6.80. The number of benzene rings is 2. The maximum atomic E-state index is 13.2. The van der Waals surface area contributed by atoms with Crippen LogP contribution in [0.4, 0.5) is 5.69 Å². The van der Waals surface area contributed by atoms with Crippen molar-refractivity contribution < 1.29 is 19.2 Å². The van der Waals surface area contributed by atoms with Crippen LogP contribution < -0.4 is 10.1 Å². The van der Waals surface area contributed by atoms with Crippen LogP contribution in [0.1, 0.15) is 37.8 Å². The van der Waals surface area contributed by atoms with E-state index in [2.05, 4.69) is 5.32 Å². The number of rotatable bonds is 11. The zero-order chi connectivity index (χ0) is 22.8. The lowest BCUT2D eigenvalue weighted by atomic mass is 10.1. The first-order valence-corrected chi connectivity index (χ1v) is 10.3. The van der Waals surface area contributed by atoms with E-state index < -0.39 is 11.0 Å². The molecule has 2 aromatic rings. The van der Waals surface area contributed by atoms with Gasteiger partial charge in [0.1, 0.15) is 11.8 Å². The molecule has 31 heavy (non-hydrogen) atoms. The van der Waals surface area contributed by atoms with Gasteiger partial charge in [0.15, 0.2) is 0 Å². The molecular weight excluding hydrogens is 398 g/mol. The van der Waals surface area contributed by atoms with Crippen molar-refractivity contribution in [3.63, 3.8) is 0 Å². The molecule has 0 bridgehead atoms. The highest BCUT2D eigenvalue weighted by molar-refractivity contribution is 5.88. The Morgan fingerprint density at radius 1 is 1.19 bits per heavy atom. The van der Waals surface area contributed by atoms with Crippen molar-refractivity contribution in [3.8, 4) is 5.75 Å². The van der Waals surface area contributed by atoms with E-state index in [4.69, 9.17) is 4.74 Å². The minimum atomic E-state index is -0.738. The molecule has 1 unspecified atom stereocenters. The van der Waals surface area contributed by atoms with E-state index in [9.17, 15) is 19.7 Å². The molecule has 8 heteroatoms. The number of amides is 2. The van der Waals surface area contributed by atoms with Crippen LogP contribution in [0, 0.1) is 10.1 Å². The molecule has 0 spiro atoms. The van der Waals surface area contributed by atoms with Crippen molar-refractivity contribution in [2.75, 3.05) is 13.7 Å². The van der Waals surface area contributed by atoms with E-state index in [1.165, 1.54) is 11.0 Å². The first-order chi connectivity index (χ1) is 14.9. The minimum absolute atomic E-state index is 0.114. The van der Waals surface area contributed by atoms with Gasteiger partial charge < -0.3 is 15.0 Å². The molecule has 166 valence electrons. The number of para-hydroxylation sites is 1. The zero-order valence-corrected chi connectivity index (χ0v) is 18.2. The Bertz CT molecular complexity index is 916. The van der Waals surface area contributed by atoms with Gasteiger partial charge in [0.25, 0.3) is 5.69 Å². The number of nitro groups is 1. The predicted molar refractivity (Wildman–Crippen MR) is 118 cm³/mol. The average molecular weight is 428 g/mol. The molecule has 0 aliphatic rings. The van der Waals surface area contributed by atoms with E-state index in [1.807, 2.05) is 19.1 Å². The van der Waals surface area contributed by atoms with E-state index >= 15 is 0 Å². The van der Waals surface area contributed by atoms with Crippen LogP contribution in [0.5, 0.6) is 5.75 Å². The Kier molecular flexibility index (Phi) is 8.99. The standard InChI is InChI=1S/C23H29N3O5/c1-4-5-13-24-23(28)17(2)25(16-18-9-8-11-20(14-18)31-3)22(27)15-19-10-6-7-12-21(19)26(29)30/h6-12,14,17H,4-5,13,15-16H2,1-3H3,(H,24,28). The first-order valence-electron chi connectivity index (χ1n) is 10.3. The Labute approximate surface area is 182 Å². The smallest absolute Gasteiger partial charge is 0.273 e. The number of carbonyl (C=O) groups excluding carboxylic acids is 2. The fourth-order valence-corrected chi connectivity index (χ4v) is 3.19. The predicted octanol–water partition coefficient (Wildman–Crippen LogP) is 3.48. The lowest BCUT2D eigenvalue weighted by Gasteiger charge is -2.29. The molecule has 0 fully saturated rings. The molecule has 0 aliphatic heterocycles. The minimum Gasteiger partial charge on any atom is -0.497 e. The highest BCUT2D eigenvalue weighted by Gasteiger charge is 2.27. The third-order valence-electron chi connectivity index (χ3n) is 5.01. The summed E-state index contributed by atoms with van der Waals surface area (Å²) >= 11 is 0. The summed E-state index contributed by atoms with van der Waals surface area (Å²) in [4.78, 5) is 38.2. The van der Waals surface area contributed by atoms with Crippen LogP contribution in [-0.2, 0) is 22.6 Å². The summed E-state index contributed by atoms with van der Waals surface area (Å²) in [6.07, 6.45) is 1.62. The second kappa shape index (κ2) is 11.7. The Morgan fingerprint density at radius 3 is 2.61 bits per heavy atom. The number of nitrogens with zero attached hydrogens (tertiary/aromatic N) is 2. The largest absolute Gasteiger partial charge is 0.497 e. The van der Waals surface area contributed by atoms with Crippen LogP contribution in [-0.4, -0.2) is 41.3 Å². The summed E-state index contributed by atoms with van der Waals surface area (Å²) in [5.41, 5.74) is 0.993. The van der Waals surface area contributed by atoms with Crippen molar-refractivity contribution in [1.29, 1.82) is 0 Å². The lowest BCUT2D eigenvalue weighted by molar-refractivity contribution is -0.385. The summed E-state index contributed by atoms with van der Waals surface area (Å²) < 4.78 is 5.25. The normalized spacial score (nSPS) is 11.5. The van der Waals surface area contributed by atoms with Crippen LogP contribution in [0.25, 0.3) is 0 Å². The van der Waals surface area contributed by atoms with Crippen molar-refractivity contribution >= 4 is 17.5 Å². The molecule has 2 amide bonds. The van der Waals surface area contributed by atoms with Crippen LogP contribution >= 0.6 is 0 Å². The molecule has 8 nitrogen and oxygen atoms in total. The molecule has 0 heterocycles. The summed E-state index contributed by atoms with van der Waals surface area (Å²) in [6, 6.07) is 12.7. The molecule has 0 aromatic heterocycles. The zero-order valence-electron chi connectivity index (χ0n) is 18.2. The van der Waals surface area contributed by atoms with Crippen LogP contribution in [0.3, 0.4) is 0 Å². The summed E-state index contributed by atoms with van der Waals surface area (Å²) in [5.74, 6) is 0.0196. The van der Waals surface area contributed by atoms with Gasteiger partial charge in [0, 0.05) is 24.7 Å². The Morgan fingerprint density at radius 2 is 1.94 bits per heavy atom. The fraction of sp³-hybridized carbons (Fsp3) is 0.391. The third-order valence-corrected chi connectivity index (χ3v) is 5.01. The average Bonchev–Trinajstić information content (AvgIpc) is 2.77. The second-order valence-corrected chi connectivity index (χ2v) is 7.26. The summed E-state index contributed by atoms with van der Waals surface area (Å²) in [5, 5.41) is 14.2. The lowest BCUT2D eigenvalue weighted by Crippen LogP contribution is -2.48. The maximum Gasteiger partial charge on any atom is 0.273 e. The quantitative estimate of drug-likeness (QED) is 0.336. The van der Waals surface area contributed by atoms with Gasteiger partial charge in [0.2, 0.25) is 11.8 Å². The Balaban J connectivity index is 2.28. The fourth-order valence-electron chi connectivity index (χ4n) is 3.19. The van der Waals surface area contributed by atoms with Gasteiger partial charge in [0.05, 0.1) is 18.5 Å². The molecule has 2 rings (SSSR count). The van der Waals surface area contributed by atoms with E-state index in [0.29, 0.717) is 17.9 Å². The topological polar surface area (TPSA) is 102 Å². The monoisotopic (exact) mass is 427 g/mol. The van der Waals surface area contributed by atoms with Gasteiger partial charge in [-0.05, 0) is 31.0 Å². The molecule has 2 aromatic carbocycles. The number of unbranched alkanes of at least 4 members (excludes halogenated alkanes) is 1. The van der Waals surface area contributed by atoms with Gasteiger partial charge in [-0.3, -0.25) is 19.7 Å². The molecule has 1 atom stereocenters. The number of methoxy groups -OCH3 is 1. The van der Waals surface area contributed by atoms with Gasteiger partial charge in [-0.2, -0.15) is 0 Å². The van der Waals surface area contributed by atoms with Gasteiger partial charge in [-0.1, -0.05) is 43.7 Å². The summed E-state index contributed by atoms with van der Waals surface area (Å²) in [7, 11) is 1.56. The Hall–Kier alpha value is -3.42. The number of hydrogen-bond donors (Lipinski definition) is 1. The van der Waals surface area contributed by atoms with Crippen molar-refractivity contribution in [2.24, 2.45) is 0 Å². The van der Waals surface area contributed by atoms with Crippen molar-refractivity contribution in [2.45, 2.75) is 45.7 Å². The molecule has 0 radical (unpaired) electrons. The molecule has 0 saturated carbocycles. The molecule has 0 aliphatic carbocycles. The van der Waals surface area contributed by atoms with Crippen LogP contribution in [0.2, 0.25) is 0 Å². The van der Waals surface area contributed by atoms with Gasteiger partial charge >= 0.3 is 0 Å². The molecule has 0 saturated heterocycles. The molecular formula is C23H29N3O5. The highest BCUT2D eigenvalue weighted by Crippen LogP contribution is 2.21. The number of nitrogens with one attached hydrogen (secondary N) is 1. The van der Waals surface area contributed by atoms with Crippen LogP contribution in [0.15, 0.2) is 48.5 Å². The van der Waals surface area contributed by atoms with Crippen molar-refractivity contribution in [1.82, 2.24) is 10.2 Å². The second-order valence-electron chi connectivity index (χ2n) is 7.26. The first kappa shape index (κ1) is 23.9. The highest BCUT2D eigenvalue weighted by atomic mass is 16.6. The number of hydrogen-bond acceptors (Lipinski definition) is 5. The number of ether oxygens (including phenoxy) is 1. The number of nitro benzene ring substituents is 1. The van der Waals surface area contributed by atoms with E-state index in [0.717, 1.165) is 18.4 Å². The molecule has 1 N–H and O–H groups in total. The number of carbonyl (C=O) groups is 2. The maximum absolute atomic E-state index is 13.2. The SMILES string of the molecule is CCCCNC(=O)C(C)N(Cc1cccc(OC)c1)C(=O)Cc1ccccc1[N+](=O)[O-]. The van der Waals surface area contributed by atoms with E-state index in [-0.39, 0.29) is 30.5 Å². The van der Waals surface area contributed by atoms with Gasteiger partial charge in [-0.25, -0.2) is 0 Å². The van der Waals surface area contributed by atoms with E-state index in [1.54, 1.807) is 44.4 Å². The van der Waals surface area contributed by atoms with Gasteiger partial charge in [-0.15, -0.1) is 0 Å². The van der Waals surface area contributed by atoms with Crippen molar-refractivity contribution in [3.05, 3.63) is 69.8 Å².